The number of benzene rings is 1. The maximum atomic E-state index is 13.4. The van der Waals surface area contributed by atoms with Gasteiger partial charge < -0.3 is 9.64 Å². The number of hydrogen-bond donors (Lipinski definition) is 0. The van der Waals surface area contributed by atoms with E-state index in [4.69, 9.17) is 0 Å². The molecule has 0 N–H and O–H groups in total. The van der Waals surface area contributed by atoms with Crippen LogP contribution < -0.4 is 4.90 Å². The second kappa shape index (κ2) is 6.46. The van der Waals surface area contributed by atoms with E-state index in [1.54, 1.807) is 6.92 Å². The van der Waals surface area contributed by atoms with E-state index < -0.39 is 22.4 Å². The second-order valence-corrected chi connectivity index (χ2v) is 4.46. The molecule has 19 heavy (non-hydrogen) atoms. The van der Waals surface area contributed by atoms with Crippen molar-refractivity contribution >= 4 is 33.3 Å². The van der Waals surface area contributed by atoms with Gasteiger partial charge in [-0.15, -0.1) is 0 Å². The Kier molecular flexibility index (Phi) is 5.22. The van der Waals surface area contributed by atoms with E-state index in [1.165, 1.54) is 18.1 Å². The summed E-state index contributed by atoms with van der Waals surface area (Å²) in [6, 6.07) is 2.10. The van der Waals surface area contributed by atoms with Crippen LogP contribution in [0.5, 0.6) is 0 Å². The summed E-state index contributed by atoms with van der Waals surface area (Å²) in [6.45, 7) is 1.92. The third-order valence-electron chi connectivity index (χ3n) is 2.48. The van der Waals surface area contributed by atoms with Crippen LogP contribution in [-0.4, -0.2) is 31.1 Å². The van der Waals surface area contributed by atoms with Crippen molar-refractivity contribution < 1.29 is 18.8 Å². The normalized spacial score (nSPS) is 10.1. The van der Waals surface area contributed by atoms with Crippen LogP contribution in [0.25, 0.3) is 0 Å². The highest BCUT2D eigenvalue weighted by Crippen LogP contribution is 2.33. The van der Waals surface area contributed by atoms with Gasteiger partial charge in [0, 0.05) is 6.54 Å². The number of rotatable bonds is 5. The molecule has 1 aromatic rings. The molecule has 104 valence electrons. The highest BCUT2D eigenvalue weighted by Gasteiger charge is 2.23. The zero-order valence-electron chi connectivity index (χ0n) is 10.4. The lowest BCUT2D eigenvalue weighted by Gasteiger charge is -2.21. The smallest absolute Gasteiger partial charge is 0.325 e. The number of esters is 1. The molecule has 1 rings (SSSR count). The van der Waals surface area contributed by atoms with Crippen LogP contribution in [0.2, 0.25) is 0 Å². The van der Waals surface area contributed by atoms with Gasteiger partial charge in [-0.2, -0.15) is 0 Å². The highest BCUT2D eigenvalue weighted by molar-refractivity contribution is 9.10. The molecule has 0 aliphatic heterocycles. The quantitative estimate of drug-likeness (QED) is 0.470. The molecular formula is C11H12BrFN2O4. The number of nitrogens with zero attached hydrogens (tertiary/aromatic N) is 2. The lowest BCUT2D eigenvalue weighted by molar-refractivity contribution is -0.384. The van der Waals surface area contributed by atoms with Crippen molar-refractivity contribution in [1.82, 2.24) is 0 Å². The van der Waals surface area contributed by atoms with E-state index in [9.17, 15) is 19.3 Å². The first-order valence-corrected chi connectivity index (χ1v) is 6.15. The fourth-order valence-electron chi connectivity index (χ4n) is 1.51. The lowest BCUT2D eigenvalue weighted by Crippen LogP contribution is -2.30. The molecular weight excluding hydrogens is 323 g/mol. The Balaban J connectivity index is 3.25. The molecule has 0 unspecified atom stereocenters. The Hall–Kier alpha value is -1.70. The summed E-state index contributed by atoms with van der Waals surface area (Å²) in [5.41, 5.74) is -0.238. The zero-order valence-corrected chi connectivity index (χ0v) is 11.9. The number of nitro benzene ring substituents is 1. The Morgan fingerprint density at radius 2 is 2.21 bits per heavy atom. The number of methoxy groups -OCH3 is 1. The molecule has 0 fully saturated rings. The number of carbonyl (C=O) groups is 1. The molecule has 0 aromatic heterocycles. The van der Waals surface area contributed by atoms with Gasteiger partial charge in [-0.3, -0.25) is 14.9 Å². The van der Waals surface area contributed by atoms with Crippen LogP contribution in [0.3, 0.4) is 0 Å². The minimum Gasteiger partial charge on any atom is -0.468 e. The molecule has 0 saturated heterocycles. The number of likely N-dealkylation sites (N-methyl/N-ethyl adjacent to an activating group) is 1. The fourth-order valence-corrected chi connectivity index (χ4v) is 1.84. The van der Waals surface area contributed by atoms with Gasteiger partial charge in [-0.1, -0.05) is 0 Å². The largest absolute Gasteiger partial charge is 0.468 e. The number of anilines is 1. The van der Waals surface area contributed by atoms with Crippen LogP contribution in [0.1, 0.15) is 6.92 Å². The third kappa shape index (κ3) is 3.63. The van der Waals surface area contributed by atoms with Crippen molar-refractivity contribution in [3.8, 4) is 0 Å². The first kappa shape index (κ1) is 15.4. The number of nitro groups is 1. The van der Waals surface area contributed by atoms with Gasteiger partial charge in [-0.25, -0.2) is 4.39 Å². The predicted octanol–water partition coefficient (Wildman–Crippen LogP) is 2.50. The fraction of sp³-hybridized carbons (Fsp3) is 0.364. The Morgan fingerprint density at radius 1 is 1.58 bits per heavy atom. The average molecular weight is 335 g/mol. The zero-order chi connectivity index (χ0) is 14.6. The van der Waals surface area contributed by atoms with Gasteiger partial charge >= 0.3 is 5.97 Å². The number of carbonyl (C=O) groups excluding carboxylic acids is 1. The van der Waals surface area contributed by atoms with Gasteiger partial charge in [0.25, 0.3) is 5.69 Å². The first-order chi connectivity index (χ1) is 8.90. The second-order valence-electron chi connectivity index (χ2n) is 3.60. The molecule has 8 heteroatoms. The molecule has 0 atom stereocenters. The summed E-state index contributed by atoms with van der Waals surface area (Å²) in [7, 11) is 1.23. The van der Waals surface area contributed by atoms with Crippen molar-refractivity contribution in [3.05, 3.63) is 32.5 Å². The van der Waals surface area contributed by atoms with Crippen LogP contribution in [0.4, 0.5) is 15.8 Å². The van der Waals surface area contributed by atoms with E-state index >= 15 is 0 Å². The van der Waals surface area contributed by atoms with Gasteiger partial charge in [-0.05, 0) is 28.9 Å². The molecule has 0 aliphatic carbocycles. The van der Waals surface area contributed by atoms with Crippen molar-refractivity contribution in [2.75, 3.05) is 25.1 Å². The molecule has 6 nitrogen and oxygen atoms in total. The standard InChI is InChI=1S/C11H12BrFN2O4/c1-3-14(6-11(16)19-2)9-4-7(12)8(13)5-10(9)15(17)18/h4-5H,3,6H2,1-2H3. The third-order valence-corrected chi connectivity index (χ3v) is 3.09. The van der Waals surface area contributed by atoms with E-state index in [-0.39, 0.29) is 16.7 Å². The molecule has 0 radical (unpaired) electrons. The topological polar surface area (TPSA) is 72.7 Å². The van der Waals surface area contributed by atoms with Crippen molar-refractivity contribution in [2.45, 2.75) is 6.92 Å². The molecule has 1 aromatic carbocycles. The summed E-state index contributed by atoms with van der Waals surface area (Å²) in [4.78, 5) is 23.0. The summed E-state index contributed by atoms with van der Waals surface area (Å²) in [5, 5.41) is 10.9. The van der Waals surface area contributed by atoms with Crippen molar-refractivity contribution in [3.63, 3.8) is 0 Å². The van der Waals surface area contributed by atoms with Crippen molar-refractivity contribution in [2.24, 2.45) is 0 Å². The molecule has 0 heterocycles. The summed E-state index contributed by atoms with van der Waals surface area (Å²) < 4.78 is 18.0. The maximum Gasteiger partial charge on any atom is 0.325 e. The lowest BCUT2D eigenvalue weighted by atomic mass is 10.2. The molecule has 0 aliphatic rings. The van der Waals surface area contributed by atoms with Gasteiger partial charge in [0.05, 0.1) is 22.6 Å². The van der Waals surface area contributed by atoms with Crippen LogP contribution in [-0.2, 0) is 9.53 Å². The minimum atomic E-state index is -0.732. The van der Waals surface area contributed by atoms with E-state index in [2.05, 4.69) is 20.7 Å². The van der Waals surface area contributed by atoms with Crippen LogP contribution >= 0.6 is 15.9 Å². The number of ether oxygens (including phenoxy) is 1. The van der Waals surface area contributed by atoms with E-state index in [1.807, 2.05) is 0 Å². The van der Waals surface area contributed by atoms with E-state index in [0.29, 0.717) is 6.54 Å². The van der Waals surface area contributed by atoms with Crippen LogP contribution in [0, 0.1) is 15.9 Å². The predicted molar refractivity (Wildman–Crippen MR) is 70.7 cm³/mol. The Bertz CT molecular complexity index is 510. The summed E-state index contributed by atoms with van der Waals surface area (Å²) >= 11 is 2.97. The summed E-state index contributed by atoms with van der Waals surface area (Å²) in [5.74, 6) is -1.26. The Morgan fingerprint density at radius 3 is 2.68 bits per heavy atom. The number of halogens is 2. The maximum absolute atomic E-state index is 13.4. The molecule has 0 amide bonds. The monoisotopic (exact) mass is 334 g/mol. The Labute approximate surface area is 117 Å². The van der Waals surface area contributed by atoms with Crippen LogP contribution in [0.15, 0.2) is 16.6 Å². The number of hydrogen-bond acceptors (Lipinski definition) is 5. The SMILES string of the molecule is CCN(CC(=O)OC)c1cc(Br)c(F)cc1[N+](=O)[O-]. The minimum absolute atomic E-state index is 0.0939. The molecule has 0 saturated carbocycles. The van der Waals surface area contributed by atoms with Crippen molar-refractivity contribution in [1.29, 1.82) is 0 Å². The molecule has 0 spiro atoms. The van der Waals surface area contributed by atoms with E-state index in [0.717, 1.165) is 6.07 Å². The average Bonchev–Trinajstić information content (AvgIpc) is 2.38. The van der Waals surface area contributed by atoms with Gasteiger partial charge in [0.15, 0.2) is 0 Å². The summed E-state index contributed by atoms with van der Waals surface area (Å²) in [6.07, 6.45) is 0. The highest BCUT2D eigenvalue weighted by atomic mass is 79.9. The van der Waals surface area contributed by atoms with Gasteiger partial charge in [0.2, 0.25) is 0 Å². The van der Waals surface area contributed by atoms with Gasteiger partial charge in [0.1, 0.15) is 18.0 Å². The first-order valence-electron chi connectivity index (χ1n) is 5.35. The molecule has 0 bridgehead atoms.